The fraction of sp³-hybridized carbons (Fsp3) is 0.385. The van der Waals surface area contributed by atoms with Crippen LogP contribution in [0.25, 0.3) is 0 Å². The lowest BCUT2D eigenvalue weighted by molar-refractivity contribution is -0.148. The van der Waals surface area contributed by atoms with Gasteiger partial charge >= 0.3 is 12.1 Å². The van der Waals surface area contributed by atoms with Gasteiger partial charge in [-0.05, 0) is 12.5 Å². The maximum atomic E-state index is 12.6. The molecule has 1 aromatic rings. The van der Waals surface area contributed by atoms with Gasteiger partial charge in [-0.2, -0.15) is 13.2 Å². The van der Waals surface area contributed by atoms with E-state index in [2.05, 4.69) is 4.99 Å². The van der Waals surface area contributed by atoms with Gasteiger partial charge in [0.1, 0.15) is 18.2 Å². The lowest BCUT2D eigenvalue weighted by Gasteiger charge is -2.16. The third kappa shape index (κ3) is 4.39. The molecule has 6 heteroatoms. The fourth-order valence-corrected chi connectivity index (χ4v) is 1.53. The second-order valence-corrected chi connectivity index (χ2v) is 3.92. The van der Waals surface area contributed by atoms with Crippen molar-refractivity contribution < 1.29 is 22.7 Å². The molecule has 0 amide bonds. The summed E-state index contributed by atoms with van der Waals surface area (Å²) in [5, 5.41) is 0. The number of ether oxygens (including phenoxy) is 1. The minimum absolute atomic E-state index is 0.0567. The summed E-state index contributed by atoms with van der Waals surface area (Å²) < 4.78 is 42.5. The van der Waals surface area contributed by atoms with E-state index in [0.29, 0.717) is 5.56 Å². The Morgan fingerprint density at radius 3 is 2.37 bits per heavy atom. The van der Waals surface area contributed by atoms with Gasteiger partial charge in [0.15, 0.2) is 0 Å². The van der Waals surface area contributed by atoms with E-state index < -0.39 is 23.8 Å². The molecule has 0 aromatic heterocycles. The van der Waals surface area contributed by atoms with Crippen molar-refractivity contribution >= 4 is 11.7 Å². The van der Waals surface area contributed by atoms with Crippen molar-refractivity contribution in [2.45, 2.75) is 19.7 Å². The molecule has 0 radical (unpaired) electrons. The molecule has 0 N–H and O–H groups in total. The first-order chi connectivity index (χ1) is 8.86. The quantitative estimate of drug-likeness (QED) is 0.625. The van der Waals surface area contributed by atoms with E-state index in [-0.39, 0.29) is 6.61 Å². The second kappa shape index (κ2) is 6.36. The normalized spacial score (nSPS) is 14.1. The molecular weight excluding hydrogens is 259 g/mol. The second-order valence-electron chi connectivity index (χ2n) is 3.92. The van der Waals surface area contributed by atoms with Crippen molar-refractivity contribution in [3.8, 4) is 0 Å². The van der Waals surface area contributed by atoms with Crippen LogP contribution in [0.5, 0.6) is 0 Å². The van der Waals surface area contributed by atoms with Crippen LogP contribution in [-0.4, -0.2) is 24.9 Å². The molecule has 0 aliphatic heterocycles. The Hall–Kier alpha value is -1.85. The Morgan fingerprint density at radius 2 is 1.89 bits per heavy atom. The molecule has 0 fully saturated rings. The number of nitrogens with zero attached hydrogens (tertiary/aromatic N) is 1. The highest BCUT2D eigenvalue weighted by atomic mass is 19.4. The molecule has 19 heavy (non-hydrogen) atoms. The first-order valence-electron chi connectivity index (χ1n) is 5.60. The zero-order valence-corrected chi connectivity index (χ0v) is 10.6. The van der Waals surface area contributed by atoms with Crippen LogP contribution in [0.2, 0.25) is 0 Å². The monoisotopic (exact) mass is 273 g/mol. The molecule has 3 nitrogen and oxygen atoms in total. The summed E-state index contributed by atoms with van der Waals surface area (Å²) in [4.78, 5) is 14.7. The lowest BCUT2D eigenvalue weighted by Crippen LogP contribution is -2.34. The van der Waals surface area contributed by atoms with E-state index in [0.717, 1.165) is 14.0 Å². The predicted molar refractivity (Wildman–Crippen MR) is 64.8 cm³/mol. The van der Waals surface area contributed by atoms with Gasteiger partial charge in [0, 0.05) is 7.05 Å². The predicted octanol–water partition coefficient (Wildman–Crippen LogP) is 3.00. The summed E-state index contributed by atoms with van der Waals surface area (Å²) in [5.41, 5.74) is -0.421. The maximum absolute atomic E-state index is 12.6. The standard InChI is InChI=1S/C13H14F3NO2/c1-9(11(17-2)13(14,15)16)12(18)19-8-10-6-4-3-5-7-10/h3-7,9H,8H2,1-2H3. The van der Waals surface area contributed by atoms with Crippen molar-refractivity contribution in [3.05, 3.63) is 35.9 Å². The minimum atomic E-state index is -4.63. The van der Waals surface area contributed by atoms with Crippen LogP contribution in [0.15, 0.2) is 35.3 Å². The Balaban J connectivity index is 2.63. The van der Waals surface area contributed by atoms with Gasteiger partial charge in [-0.25, -0.2) is 0 Å². The number of hydrogen-bond donors (Lipinski definition) is 0. The zero-order valence-electron chi connectivity index (χ0n) is 10.6. The number of rotatable bonds is 4. The molecule has 0 saturated heterocycles. The van der Waals surface area contributed by atoms with Gasteiger partial charge in [0.25, 0.3) is 0 Å². The van der Waals surface area contributed by atoms with E-state index in [1.807, 2.05) is 0 Å². The molecule has 0 bridgehead atoms. The molecule has 0 aliphatic rings. The van der Waals surface area contributed by atoms with Crippen molar-refractivity contribution in [2.24, 2.45) is 10.9 Å². The lowest BCUT2D eigenvalue weighted by atomic mass is 10.1. The fourth-order valence-electron chi connectivity index (χ4n) is 1.53. The molecule has 1 atom stereocenters. The van der Waals surface area contributed by atoms with Gasteiger partial charge in [-0.3, -0.25) is 9.79 Å². The highest BCUT2D eigenvalue weighted by Crippen LogP contribution is 2.23. The summed E-state index contributed by atoms with van der Waals surface area (Å²) in [6.07, 6.45) is -4.63. The summed E-state index contributed by atoms with van der Waals surface area (Å²) in [6.45, 7) is 1.07. The number of hydrogen-bond acceptors (Lipinski definition) is 3. The van der Waals surface area contributed by atoms with Crippen molar-refractivity contribution in [1.82, 2.24) is 0 Å². The van der Waals surface area contributed by atoms with Crippen LogP contribution in [-0.2, 0) is 16.1 Å². The zero-order chi connectivity index (χ0) is 14.5. The van der Waals surface area contributed by atoms with Gasteiger partial charge in [0.2, 0.25) is 0 Å². The average molecular weight is 273 g/mol. The number of carbonyl (C=O) groups is 1. The topological polar surface area (TPSA) is 38.7 Å². The number of alkyl halides is 3. The van der Waals surface area contributed by atoms with Crippen LogP contribution < -0.4 is 0 Å². The van der Waals surface area contributed by atoms with Gasteiger partial charge < -0.3 is 4.74 Å². The summed E-state index contributed by atoms with van der Waals surface area (Å²) >= 11 is 0. The van der Waals surface area contributed by atoms with Gasteiger partial charge in [0.05, 0.1) is 0 Å². The molecular formula is C13H14F3NO2. The Morgan fingerprint density at radius 1 is 1.32 bits per heavy atom. The van der Waals surface area contributed by atoms with Crippen LogP contribution in [0.3, 0.4) is 0 Å². The molecule has 0 aliphatic carbocycles. The molecule has 1 aromatic carbocycles. The third-order valence-corrected chi connectivity index (χ3v) is 2.52. The maximum Gasteiger partial charge on any atom is 0.429 e. The summed E-state index contributed by atoms with van der Waals surface area (Å²) in [6, 6.07) is 8.73. The molecule has 104 valence electrons. The van der Waals surface area contributed by atoms with E-state index in [1.165, 1.54) is 0 Å². The smallest absolute Gasteiger partial charge is 0.429 e. The Kier molecular flexibility index (Phi) is 5.09. The highest BCUT2D eigenvalue weighted by Gasteiger charge is 2.41. The minimum Gasteiger partial charge on any atom is -0.460 e. The van der Waals surface area contributed by atoms with E-state index in [4.69, 9.17) is 4.74 Å². The summed E-state index contributed by atoms with van der Waals surface area (Å²) in [5.74, 6) is -2.38. The van der Waals surface area contributed by atoms with Crippen molar-refractivity contribution in [1.29, 1.82) is 0 Å². The largest absolute Gasteiger partial charge is 0.460 e. The number of aliphatic imine (C=N–C) groups is 1. The average Bonchev–Trinajstić information content (AvgIpc) is 2.36. The van der Waals surface area contributed by atoms with Crippen molar-refractivity contribution in [3.63, 3.8) is 0 Å². The molecule has 0 saturated carbocycles. The van der Waals surface area contributed by atoms with Crippen LogP contribution in [0.4, 0.5) is 13.2 Å². The number of benzene rings is 1. The summed E-state index contributed by atoms with van der Waals surface area (Å²) in [7, 11) is 1.00. The molecule has 0 heterocycles. The van der Waals surface area contributed by atoms with Crippen LogP contribution >= 0.6 is 0 Å². The Labute approximate surface area is 109 Å². The van der Waals surface area contributed by atoms with E-state index in [1.54, 1.807) is 30.3 Å². The van der Waals surface area contributed by atoms with E-state index >= 15 is 0 Å². The SMILES string of the molecule is CN=C(C(C)C(=O)OCc1ccccc1)C(F)(F)F. The Bertz CT molecular complexity index is 455. The van der Waals surface area contributed by atoms with Crippen molar-refractivity contribution in [2.75, 3.05) is 7.05 Å². The first-order valence-corrected chi connectivity index (χ1v) is 5.60. The van der Waals surface area contributed by atoms with Crippen LogP contribution in [0, 0.1) is 5.92 Å². The van der Waals surface area contributed by atoms with Gasteiger partial charge in [-0.15, -0.1) is 0 Å². The van der Waals surface area contributed by atoms with Crippen LogP contribution in [0.1, 0.15) is 12.5 Å². The third-order valence-electron chi connectivity index (χ3n) is 2.52. The van der Waals surface area contributed by atoms with E-state index in [9.17, 15) is 18.0 Å². The van der Waals surface area contributed by atoms with Gasteiger partial charge in [-0.1, -0.05) is 30.3 Å². The number of halogens is 3. The highest BCUT2D eigenvalue weighted by molar-refractivity contribution is 6.04. The first kappa shape index (κ1) is 15.2. The number of carbonyl (C=O) groups excluding carboxylic acids is 1. The number of esters is 1. The molecule has 0 spiro atoms. The molecule has 1 rings (SSSR count). The molecule has 1 unspecified atom stereocenters.